The maximum Gasteiger partial charge on any atom is 0.222 e. The zero-order valence-electron chi connectivity index (χ0n) is 15.4. The quantitative estimate of drug-likeness (QED) is 0.361. The van der Waals surface area contributed by atoms with Crippen LogP contribution in [0.1, 0.15) is 46.5 Å². The molecule has 6 heteroatoms. The Morgan fingerprint density at radius 2 is 2.17 bits per heavy atom. The predicted octanol–water partition coefficient (Wildman–Crippen LogP) is 1.28. The zero-order valence-corrected chi connectivity index (χ0v) is 15.4. The number of amides is 1. The van der Waals surface area contributed by atoms with Gasteiger partial charge in [0.05, 0.1) is 0 Å². The average Bonchev–Trinajstić information content (AvgIpc) is 2.95. The van der Waals surface area contributed by atoms with Crippen molar-refractivity contribution in [2.45, 2.75) is 52.5 Å². The number of likely N-dealkylation sites (tertiary alicyclic amines) is 1. The van der Waals surface area contributed by atoms with Gasteiger partial charge in [0.2, 0.25) is 5.91 Å². The van der Waals surface area contributed by atoms with Gasteiger partial charge >= 0.3 is 0 Å². The number of hydrogen-bond donors (Lipinski definition) is 2. The van der Waals surface area contributed by atoms with Crippen molar-refractivity contribution in [2.24, 2.45) is 4.99 Å². The van der Waals surface area contributed by atoms with Crippen LogP contribution in [0.25, 0.3) is 0 Å². The van der Waals surface area contributed by atoms with Gasteiger partial charge in [-0.15, -0.1) is 0 Å². The van der Waals surface area contributed by atoms with Crippen LogP contribution in [0.2, 0.25) is 0 Å². The third kappa shape index (κ3) is 7.68. The molecule has 2 N–H and O–H groups in total. The van der Waals surface area contributed by atoms with Gasteiger partial charge in [-0.05, 0) is 40.2 Å². The third-order valence-corrected chi connectivity index (χ3v) is 4.47. The first kappa shape index (κ1) is 19.7. The fourth-order valence-electron chi connectivity index (χ4n) is 2.62. The van der Waals surface area contributed by atoms with E-state index >= 15 is 0 Å². The summed E-state index contributed by atoms with van der Waals surface area (Å²) >= 11 is 0. The van der Waals surface area contributed by atoms with Gasteiger partial charge in [0.1, 0.15) is 0 Å². The molecule has 1 rings (SSSR count). The maximum absolute atomic E-state index is 11.6. The Morgan fingerprint density at radius 3 is 2.78 bits per heavy atom. The van der Waals surface area contributed by atoms with E-state index in [2.05, 4.69) is 48.3 Å². The maximum atomic E-state index is 11.6. The minimum absolute atomic E-state index is 0.298. The normalized spacial score (nSPS) is 17.0. The first-order valence-corrected chi connectivity index (χ1v) is 9.08. The minimum Gasteiger partial charge on any atom is -0.357 e. The number of hydrogen-bond acceptors (Lipinski definition) is 3. The van der Waals surface area contributed by atoms with Crippen molar-refractivity contribution in [3.05, 3.63) is 0 Å². The van der Waals surface area contributed by atoms with Gasteiger partial charge in [0, 0.05) is 51.7 Å². The molecule has 134 valence electrons. The molecule has 1 atom stereocenters. The molecule has 0 aliphatic carbocycles. The monoisotopic (exact) mass is 325 g/mol. The molecule has 0 bridgehead atoms. The Kier molecular flexibility index (Phi) is 9.67. The Labute approximate surface area is 141 Å². The Balaban J connectivity index is 2.25. The molecule has 0 radical (unpaired) electrons. The van der Waals surface area contributed by atoms with Crippen LogP contribution in [-0.4, -0.2) is 74.0 Å². The Hall–Kier alpha value is -1.30. The van der Waals surface area contributed by atoms with Crippen LogP contribution in [-0.2, 0) is 4.79 Å². The number of nitrogens with zero attached hydrogens (tertiary/aromatic N) is 3. The van der Waals surface area contributed by atoms with Crippen molar-refractivity contribution < 1.29 is 4.79 Å². The molecule has 0 aromatic carbocycles. The molecule has 1 unspecified atom stereocenters. The van der Waals surface area contributed by atoms with Gasteiger partial charge in [0.25, 0.3) is 0 Å². The van der Waals surface area contributed by atoms with Gasteiger partial charge in [-0.3, -0.25) is 9.79 Å². The third-order valence-electron chi connectivity index (χ3n) is 4.47. The van der Waals surface area contributed by atoms with Crippen molar-refractivity contribution in [3.63, 3.8) is 0 Å². The highest BCUT2D eigenvalue weighted by Gasteiger charge is 2.18. The number of nitrogens with one attached hydrogen (secondary N) is 2. The molecule has 1 fully saturated rings. The molecule has 1 heterocycles. The van der Waals surface area contributed by atoms with Crippen molar-refractivity contribution in [1.82, 2.24) is 20.4 Å². The molecule has 6 nitrogen and oxygen atoms in total. The lowest BCUT2D eigenvalue weighted by molar-refractivity contribution is -0.127. The molecule has 1 aliphatic heterocycles. The van der Waals surface area contributed by atoms with E-state index in [1.807, 2.05) is 4.90 Å². The van der Waals surface area contributed by atoms with E-state index in [-0.39, 0.29) is 0 Å². The number of guanidine groups is 1. The number of likely N-dealkylation sites (N-methyl/N-ethyl adjacent to an activating group) is 1. The SMILES string of the molecule is CCNC(=NCCCN1CCCC1=O)NCCN(C)C(C)CC. The van der Waals surface area contributed by atoms with Crippen LogP contribution in [0.5, 0.6) is 0 Å². The summed E-state index contributed by atoms with van der Waals surface area (Å²) in [6.07, 6.45) is 3.82. The van der Waals surface area contributed by atoms with Gasteiger partial charge in [-0.1, -0.05) is 6.92 Å². The molecule has 0 aromatic rings. The van der Waals surface area contributed by atoms with E-state index in [4.69, 9.17) is 0 Å². The summed E-state index contributed by atoms with van der Waals surface area (Å²) in [5, 5.41) is 6.66. The molecule has 1 aliphatic rings. The molecule has 0 saturated carbocycles. The average molecular weight is 326 g/mol. The van der Waals surface area contributed by atoms with Crippen LogP contribution in [0, 0.1) is 0 Å². The van der Waals surface area contributed by atoms with Crippen molar-refractivity contribution in [1.29, 1.82) is 0 Å². The van der Waals surface area contributed by atoms with E-state index in [1.165, 1.54) is 6.42 Å². The van der Waals surface area contributed by atoms with Crippen molar-refractivity contribution >= 4 is 11.9 Å². The number of carbonyl (C=O) groups is 1. The molecular weight excluding hydrogens is 290 g/mol. The second kappa shape index (κ2) is 11.3. The lowest BCUT2D eigenvalue weighted by Gasteiger charge is -2.24. The fraction of sp³-hybridized carbons (Fsp3) is 0.882. The van der Waals surface area contributed by atoms with Crippen molar-refractivity contribution in [2.75, 3.05) is 46.3 Å². The largest absolute Gasteiger partial charge is 0.357 e. The second-order valence-corrected chi connectivity index (χ2v) is 6.26. The number of carbonyl (C=O) groups excluding carboxylic acids is 1. The fourth-order valence-corrected chi connectivity index (χ4v) is 2.62. The van der Waals surface area contributed by atoms with E-state index in [9.17, 15) is 4.79 Å². The Bertz CT molecular complexity index is 372. The van der Waals surface area contributed by atoms with Crippen LogP contribution in [0.4, 0.5) is 0 Å². The summed E-state index contributed by atoms with van der Waals surface area (Å²) in [4.78, 5) is 20.5. The van der Waals surface area contributed by atoms with Gasteiger partial charge in [0.15, 0.2) is 5.96 Å². The van der Waals surface area contributed by atoms with Gasteiger partial charge in [-0.25, -0.2) is 0 Å². The summed E-state index contributed by atoms with van der Waals surface area (Å²) < 4.78 is 0. The summed E-state index contributed by atoms with van der Waals surface area (Å²) in [7, 11) is 2.16. The molecule has 23 heavy (non-hydrogen) atoms. The van der Waals surface area contributed by atoms with E-state index < -0.39 is 0 Å². The Morgan fingerprint density at radius 1 is 1.39 bits per heavy atom. The highest BCUT2D eigenvalue weighted by molar-refractivity contribution is 5.79. The lowest BCUT2D eigenvalue weighted by atomic mass is 10.2. The summed E-state index contributed by atoms with van der Waals surface area (Å²) in [6.45, 7) is 11.8. The first-order chi connectivity index (χ1) is 11.1. The number of aliphatic imine (C=N–C) groups is 1. The van der Waals surface area contributed by atoms with Crippen molar-refractivity contribution in [3.8, 4) is 0 Å². The minimum atomic E-state index is 0.298. The standard InChI is InChI=1S/C17H35N5O/c1-5-15(3)21(4)14-11-20-17(18-6-2)19-10-8-13-22-12-7-9-16(22)23/h15H,5-14H2,1-4H3,(H2,18,19,20). The van der Waals surface area contributed by atoms with E-state index in [0.717, 1.165) is 64.5 Å². The topological polar surface area (TPSA) is 60.0 Å². The predicted molar refractivity (Wildman–Crippen MR) is 96.8 cm³/mol. The van der Waals surface area contributed by atoms with E-state index in [1.54, 1.807) is 0 Å². The van der Waals surface area contributed by atoms with Crippen LogP contribution in [0.15, 0.2) is 4.99 Å². The van der Waals surface area contributed by atoms with Gasteiger partial charge in [-0.2, -0.15) is 0 Å². The second-order valence-electron chi connectivity index (χ2n) is 6.26. The lowest BCUT2D eigenvalue weighted by Crippen LogP contribution is -2.42. The van der Waals surface area contributed by atoms with Crippen LogP contribution >= 0.6 is 0 Å². The van der Waals surface area contributed by atoms with Gasteiger partial charge < -0.3 is 20.4 Å². The van der Waals surface area contributed by atoms with Crippen LogP contribution < -0.4 is 10.6 Å². The highest BCUT2D eigenvalue weighted by Crippen LogP contribution is 2.09. The summed E-state index contributed by atoms with van der Waals surface area (Å²) in [5.41, 5.74) is 0. The molecule has 1 amide bonds. The highest BCUT2D eigenvalue weighted by atomic mass is 16.2. The molecule has 1 saturated heterocycles. The number of rotatable bonds is 10. The molecular formula is C17H35N5O. The molecule has 0 spiro atoms. The van der Waals surface area contributed by atoms with Crippen LogP contribution in [0.3, 0.4) is 0 Å². The first-order valence-electron chi connectivity index (χ1n) is 9.08. The van der Waals surface area contributed by atoms with E-state index in [0.29, 0.717) is 11.9 Å². The summed E-state index contributed by atoms with van der Waals surface area (Å²) in [6, 6.07) is 0.606. The zero-order chi connectivity index (χ0) is 17.1. The summed E-state index contributed by atoms with van der Waals surface area (Å²) in [5.74, 6) is 1.17. The molecule has 0 aromatic heterocycles. The smallest absolute Gasteiger partial charge is 0.222 e.